The van der Waals surface area contributed by atoms with Crippen LogP contribution in [0.1, 0.15) is 24.8 Å². The Morgan fingerprint density at radius 2 is 1.78 bits per heavy atom. The SMILES string of the molecule is OCCC1(CNCc2cc(F)c(F)cc2F)CC1. The number of halogens is 3. The van der Waals surface area contributed by atoms with E-state index >= 15 is 0 Å². The van der Waals surface area contributed by atoms with Gasteiger partial charge in [0.15, 0.2) is 11.6 Å². The second kappa shape index (κ2) is 5.28. The molecule has 0 bridgehead atoms. The standard InChI is InChI=1S/C13H16F3NO/c14-10-6-12(16)11(15)5-9(10)7-17-8-13(1-2-13)3-4-18/h5-6,17-18H,1-4,7-8H2. The molecule has 1 aromatic carbocycles. The normalized spacial score (nSPS) is 16.9. The lowest BCUT2D eigenvalue weighted by molar-refractivity contribution is 0.245. The molecule has 2 nitrogen and oxygen atoms in total. The molecule has 1 aromatic rings. The van der Waals surface area contributed by atoms with Crippen molar-refractivity contribution >= 4 is 0 Å². The quantitative estimate of drug-likeness (QED) is 0.769. The molecular weight excluding hydrogens is 243 g/mol. The molecular formula is C13H16F3NO. The number of nitrogens with one attached hydrogen (secondary N) is 1. The van der Waals surface area contributed by atoms with Crippen LogP contribution in [0, 0.1) is 22.9 Å². The second-order valence-corrected chi connectivity index (χ2v) is 4.93. The molecule has 0 heterocycles. The maximum Gasteiger partial charge on any atom is 0.161 e. The zero-order chi connectivity index (χ0) is 13.2. The minimum Gasteiger partial charge on any atom is -0.396 e. The monoisotopic (exact) mass is 259 g/mol. The Kier molecular flexibility index (Phi) is 3.92. The molecule has 0 aliphatic heterocycles. The predicted molar refractivity (Wildman–Crippen MR) is 61.4 cm³/mol. The molecule has 1 saturated carbocycles. The van der Waals surface area contributed by atoms with Crippen LogP contribution in [0.25, 0.3) is 0 Å². The van der Waals surface area contributed by atoms with Crippen LogP contribution in [0.4, 0.5) is 13.2 Å². The summed E-state index contributed by atoms with van der Waals surface area (Å²) in [6.07, 6.45) is 2.81. The Bertz CT molecular complexity index is 432. The molecule has 100 valence electrons. The lowest BCUT2D eigenvalue weighted by Gasteiger charge is -2.14. The van der Waals surface area contributed by atoms with Crippen LogP contribution >= 0.6 is 0 Å². The third-order valence-electron chi connectivity index (χ3n) is 3.50. The van der Waals surface area contributed by atoms with Crippen LogP contribution in [-0.4, -0.2) is 18.3 Å². The minimum atomic E-state index is -1.17. The molecule has 0 unspecified atom stereocenters. The Morgan fingerprint density at radius 1 is 1.11 bits per heavy atom. The molecule has 1 aliphatic carbocycles. The summed E-state index contributed by atoms with van der Waals surface area (Å²) in [5.41, 5.74) is 0.234. The molecule has 0 spiro atoms. The molecule has 1 aliphatic rings. The highest BCUT2D eigenvalue weighted by molar-refractivity contribution is 5.20. The molecule has 2 rings (SSSR count). The lowest BCUT2D eigenvalue weighted by Crippen LogP contribution is -2.25. The van der Waals surface area contributed by atoms with E-state index in [0.29, 0.717) is 12.6 Å². The van der Waals surface area contributed by atoms with Crippen molar-refractivity contribution < 1.29 is 18.3 Å². The summed E-state index contributed by atoms with van der Waals surface area (Å²) in [5.74, 6) is -2.95. The van der Waals surface area contributed by atoms with Crippen LogP contribution in [0.5, 0.6) is 0 Å². The van der Waals surface area contributed by atoms with Crippen LogP contribution in [0.3, 0.4) is 0 Å². The van der Waals surface area contributed by atoms with E-state index in [9.17, 15) is 13.2 Å². The summed E-state index contributed by atoms with van der Waals surface area (Å²) in [4.78, 5) is 0. The van der Waals surface area contributed by atoms with Gasteiger partial charge in [0.1, 0.15) is 5.82 Å². The molecule has 0 atom stereocenters. The van der Waals surface area contributed by atoms with E-state index in [1.807, 2.05) is 0 Å². The van der Waals surface area contributed by atoms with Gasteiger partial charge in [0.2, 0.25) is 0 Å². The average Bonchev–Trinajstić information content (AvgIpc) is 3.06. The summed E-state index contributed by atoms with van der Waals surface area (Å²) in [5, 5.41) is 11.9. The third kappa shape index (κ3) is 3.03. The Morgan fingerprint density at radius 3 is 2.39 bits per heavy atom. The number of benzene rings is 1. The summed E-state index contributed by atoms with van der Waals surface area (Å²) in [6, 6.07) is 1.44. The van der Waals surface area contributed by atoms with Crippen molar-refractivity contribution in [2.75, 3.05) is 13.2 Å². The van der Waals surface area contributed by atoms with Crippen molar-refractivity contribution in [1.82, 2.24) is 5.32 Å². The first-order chi connectivity index (χ1) is 8.56. The first-order valence-electron chi connectivity index (χ1n) is 6.01. The first kappa shape index (κ1) is 13.4. The molecule has 18 heavy (non-hydrogen) atoms. The van der Waals surface area contributed by atoms with Crippen LogP contribution in [-0.2, 0) is 6.54 Å². The van der Waals surface area contributed by atoms with Gasteiger partial charge in [0.05, 0.1) is 0 Å². The highest BCUT2D eigenvalue weighted by Crippen LogP contribution is 2.47. The summed E-state index contributed by atoms with van der Waals surface area (Å²) in [6.45, 7) is 0.962. The van der Waals surface area contributed by atoms with Gasteiger partial charge in [0, 0.05) is 31.3 Å². The highest BCUT2D eigenvalue weighted by Gasteiger charge is 2.41. The van der Waals surface area contributed by atoms with Crippen LogP contribution in [0.15, 0.2) is 12.1 Å². The van der Waals surface area contributed by atoms with Gasteiger partial charge in [0.25, 0.3) is 0 Å². The third-order valence-corrected chi connectivity index (χ3v) is 3.50. The van der Waals surface area contributed by atoms with E-state index in [0.717, 1.165) is 25.3 Å². The van der Waals surface area contributed by atoms with Gasteiger partial charge >= 0.3 is 0 Å². The van der Waals surface area contributed by atoms with Crippen molar-refractivity contribution in [2.24, 2.45) is 5.41 Å². The Labute approximate surface area is 104 Å². The lowest BCUT2D eigenvalue weighted by atomic mass is 10.0. The van der Waals surface area contributed by atoms with E-state index in [4.69, 9.17) is 5.11 Å². The average molecular weight is 259 g/mol. The smallest absolute Gasteiger partial charge is 0.161 e. The number of hydrogen-bond acceptors (Lipinski definition) is 2. The fraction of sp³-hybridized carbons (Fsp3) is 0.538. The number of aliphatic hydroxyl groups is 1. The van der Waals surface area contributed by atoms with Gasteiger partial charge in [-0.15, -0.1) is 0 Å². The van der Waals surface area contributed by atoms with Gasteiger partial charge in [-0.05, 0) is 30.7 Å². The number of hydrogen-bond donors (Lipinski definition) is 2. The largest absolute Gasteiger partial charge is 0.396 e. The second-order valence-electron chi connectivity index (χ2n) is 4.93. The van der Waals surface area contributed by atoms with Gasteiger partial charge in [-0.3, -0.25) is 0 Å². The number of rotatable bonds is 6. The van der Waals surface area contributed by atoms with Gasteiger partial charge in [-0.2, -0.15) is 0 Å². The van der Waals surface area contributed by atoms with E-state index in [1.54, 1.807) is 0 Å². The maximum absolute atomic E-state index is 13.3. The topological polar surface area (TPSA) is 32.3 Å². The van der Waals surface area contributed by atoms with E-state index in [1.165, 1.54) is 0 Å². The van der Waals surface area contributed by atoms with Crippen LogP contribution in [0.2, 0.25) is 0 Å². The first-order valence-corrected chi connectivity index (χ1v) is 6.01. The molecule has 0 amide bonds. The van der Waals surface area contributed by atoms with Crippen molar-refractivity contribution in [1.29, 1.82) is 0 Å². The van der Waals surface area contributed by atoms with Gasteiger partial charge in [-0.1, -0.05) is 0 Å². The molecule has 2 N–H and O–H groups in total. The fourth-order valence-corrected chi connectivity index (χ4v) is 2.09. The Balaban J connectivity index is 1.89. The van der Waals surface area contributed by atoms with E-state index in [-0.39, 0.29) is 24.1 Å². The maximum atomic E-state index is 13.3. The molecule has 0 radical (unpaired) electrons. The Hall–Kier alpha value is -1.07. The van der Waals surface area contributed by atoms with Gasteiger partial charge < -0.3 is 10.4 Å². The summed E-state index contributed by atoms with van der Waals surface area (Å²) >= 11 is 0. The van der Waals surface area contributed by atoms with Crippen molar-refractivity contribution in [2.45, 2.75) is 25.8 Å². The summed E-state index contributed by atoms with van der Waals surface area (Å²) in [7, 11) is 0. The van der Waals surface area contributed by atoms with Gasteiger partial charge in [-0.25, -0.2) is 13.2 Å². The molecule has 0 aromatic heterocycles. The molecule has 0 saturated heterocycles. The molecule has 1 fully saturated rings. The van der Waals surface area contributed by atoms with Crippen molar-refractivity contribution in [3.05, 3.63) is 35.1 Å². The number of aliphatic hydroxyl groups excluding tert-OH is 1. The molecule has 5 heteroatoms. The van der Waals surface area contributed by atoms with Crippen molar-refractivity contribution in [3.63, 3.8) is 0 Å². The van der Waals surface area contributed by atoms with Crippen molar-refractivity contribution in [3.8, 4) is 0 Å². The zero-order valence-electron chi connectivity index (χ0n) is 9.98. The zero-order valence-corrected chi connectivity index (χ0v) is 9.98. The predicted octanol–water partition coefficient (Wildman–Crippen LogP) is 2.36. The van der Waals surface area contributed by atoms with E-state index < -0.39 is 17.5 Å². The van der Waals surface area contributed by atoms with Crippen LogP contribution < -0.4 is 5.32 Å². The summed E-state index contributed by atoms with van der Waals surface area (Å²) < 4.78 is 39.0. The van der Waals surface area contributed by atoms with E-state index in [2.05, 4.69) is 5.32 Å². The fourth-order valence-electron chi connectivity index (χ4n) is 2.09. The minimum absolute atomic E-state index is 0.115. The highest BCUT2D eigenvalue weighted by atomic mass is 19.2.